The average Bonchev–Trinajstić information content (AvgIpc) is 3.23. The predicted octanol–water partition coefficient (Wildman–Crippen LogP) is 3.42. The molecule has 2 nitrogen and oxygen atoms in total. The van der Waals surface area contributed by atoms with E-state index in [-0.39, 0.29) is 0 Å². The van der Waals surface area contributed by atoms with Crippen molar-refractivity contribution in [3.8, 4) is 0 Å². The van der Waals surface area contributed by atoms with E-state index in [1.165, 1.54) is 84.0 Å². The summed E-state index contributed by atoms with van der Waals surface area (Å²) < 4.78 is 0. The van der Waals surface area contributed by atoms with Crippen molar-refractivity contribution in [2.24, 2.45) is 5.92 Å². The molecule has 2 aliphatic rings. The highest BCUT2D eigenvalue weighted by Crippen LogP contribution is 2.29. The highest BCUT2D eigenvalue weighted by molar-refractivity contribution is 4.86. The quantitative estimate of drug-likeness (QED) is 0.633. The number of unbranched alkanes of at least 4 members (excludes halogenated alkanes) is 4. The molecule has 0 bridgehead atoms. The van der Waals surface area contributed by atoms with E-state index in [1.807, 2.05) is 0 Å². The summed E-state index contributed by atoms with van der Waals surface area (Å²) in [4.78, 5) is 2.82. The van der Waals surface area contributed by atoms with Crippen LogP contribution in [0.5, 0.6) is 0 Å². The van der Waals surface area contributed by atoms with Gasteiger partial charge < -0.3 is 10.2 Å². The van der Waals surface area contributed by atoms with Crippen LogP contribution in [0.25, 0.3) is 0 Å². The third-order valence-corrected chi connectivity index (χ3v) is 4.56. The molecule has 2 rings (SSSR count). The molecule has 1 aliphatic heterocycles. The standard InChI is InChI=1S/C16H32N2/c1-2-3-4-5-6-13-18(16-7-8-16)14-15-9-11-17-12-10-15/h15-17H,2-14H2,1H3. The monoisotopic (exact) mass is 252 g/mol. The second-order valence-electron chi connectivity index (χ2n) is 6.33. The Morgan fingerprint density at radius 2 is 1.67 bits per heavy atom. The fourth-order valence-electron chi connectivity index (χ4n) is 3.18. The summed E-state index contributed by atoms with van der Waals surface area (Å²) >= 11 is 0. The van der Waals surface area contributed by atoms with Crippen LogP contribution in [0.3, 0.4) is 0 Å². The van der Waals surface area contributed by atoms with Crippen LogP contribution in [0.1, 0.15) is 64.7 Å². The Morgan fingerprint density at radius 3 is 2.33 bits per heavy atom. The highest BCUT2D eigenvalue weighted by Gasteiger charge is 2.30. The van der Waals surface area contributed by atoms with Gasteiger partial charge in [-0.1, -0.05) is 32.6 Å². The lowest BCUT2D eigenvalue weighted by atomic mass is 9.97. The van der Waals surface area contributed by atoms with Crippen molar-refractivity contribution in [1.82, 2.24) is 10.2 Å². The van der Waals surface area contributed by atoms with Crippen molar-refractivity contribution >= 4 is 0 Å². The Morgan fingerprint density at radius 1 is 0.944 bits per heavy atom. The van der Waals surface area contributed by atoms with Gasteiger partial charge in [0.05, 0.1) is 0 Å². The molecule has 0 aromatic rings. The van der Waals surface area contributed by atoms with Crippen molar-refractivity contribution in [1.29, 1.82) is 0 Å². The summed E-state index contributed by atoms with van der Waals surface area (Å²) in [6, 6.07) is 0.964. The first-order chi connectivity index (χ1) is 8.90. The zero-order valence-corrected chi connectivity index (χ0v) is 12.3. The van der Waals surface area contributed by atoms with E-state index in [0.29, 0.717) is 0 Å². The van der Waals surface area contributed by atoms with E-state index in [1.54, 1.807) is 0 Å². The Kier molecular flexibility index (Phi) is 6.50. The topological polar surface area (TPSA) is 15.3 Å². The van der Waals surface area contributed by atoms with Crippen LogP contribution in [0.4, 0.5) is 0 Å². The molecule has 0 aromatic heterocycles. The van der Waals surface area contributed by atoms with E-state index in [0.717, 1.165) is 12.0 Å². The second kappa shape index (κ2) is 8.16. The lowest BCUT2D eigenvalue weighted by molar-refractivity contribution is 0.194. The second-order valence-corrected chi connectivity index (χ2v) is 6.33. The number of hydrogen-bond donors (Lipinski definition) is 1. The smallest absolute Gasteiger partial charge is 0.00965 e. The molecule has 0 spiro atoms. The number of nitrogens with zero attached hydrogens (tertiary/aromatic N) is 1. The van der Waals surface area contributed by atoms with Gasteiger partial charge in [-0.15, -0.1) is 0 Å². The van der Waals surface area contributed by atoms with Crippen LogP contribution in [0, 0.1) is 5.92 Å². The first-order valence-electron chi connectivity index (χ1n) is 8.35. The van der Waals surface area contributed by atoms with Gasteiger partial charge >= 0.3 is 0 Å². The zero-order valence-electron chi connectivity index (χ0n) is 12.3. The number of nitrogens with one attached hydrogen (secondary N) is 1. The summed E-state index contributed by atoms with van der Waals surface area (Å²) in [6.45, 7) is 7.56. The molecule has 0 radical (unpaired) electrons. The van der Waals surface area contributed by atoms with E-state index < -0.39 is 0 Å². The molecule has 1 saturated heterocycles. The van der Waals surface area contributed by atoms with Crippen molar-refractivity contribution in [3.05, 3.63) is 0 Å². The molecule has 1 N–H and O–H groups in total. The summed E-state index contributed by atoms with van der Waals surface area (Å²) in [5, 5.41) is 3.48. The molecule has 2 heteroatoms. The van der Waals surface area contributed by atoms with Gasteiger partial charge in [-0.3, -0.25) is 0 Å². The number of rotatable bonds is 9. The minimum absolute atomic E-state index is 0.964. The molecule has 0 atom stereocenters. The maximum atomic E-state index is 3.48. The van der Waals surface area contributed by atoms with Gasteiger partial charge in [0.2, 0.25) is 0 Å². The predicted molar refractivity (Wildman–Crippen MR) is 78.9 cm³/mol. The molecule has 0 amide bonds. The number of piperidine rings is 1. The summed E-state index contributed by atoms with van der Waals surface area (Å²) in [7, 11) is 0. The summed E-state index contributed by atoms with van der Waals surface area (Å²) in [6.07, 6.45) is 12.9. The van der Waals surface area contributed by atoms with Crippen LogP contribution in [-0.4, -0.2) is 37.1 Å². The summed E-state index contributed by atoms with van der Waals surface area (Å²) in [5.74, 6) is 0.975. The summed E-state index contributed by atoms with van der Waals surface area (Å²) in [5.41, 5.74) is 0. The average molecular weight is 252 g/mol. The van der Waals surface area contributed by atoms with Gasteiger partial charge in [0, 0.05) is 12.6 Å². The van der Waals surface area contributed by atoms with E-state index in [9.17, 15) is 0 Å². The van der Waals surface area contributed by atoms with Crippen molar-refractivity contribution in [2.45, 2.75) is 70.8 Å². The van der Waals surface area contributed by atoms with Gasteiger partial charge in [0.25, 0.3) is 0 Å². The van der Waals surface area contributed by atoms with Crippen molar-refractivity contribution < 1.29 is 0 Å². The molecule has 2 fully saturated rings. The molecular weight excluding hydrogens is 220 g/mol. The molecule has 1 heterocycles. The maximum Gasteiger partial charge on any atom is 0.00965 e. The fraction of sp³-hybridized carbons (Fsp3) is 1.00. The lowest BCUT2D eigenvalue weighted by Gasteiger charge is -2.30. The first-order valence-corrected chi connectivity index (χ1v) is 8.35. The van der Waals surface area contributed by atoms with Crippen LogP contribution in [-0.2, 0) is 0 Å². The molecule has 106 valence electrons. The van der Waals surface area contributed by atoms with Gasteiger partial charge in [0.15, 0.2) is 0 Å². The largest absolute Gasteiger partial charge is 0.317 e. The van der Waals surface area contributed by atoms with E-state index >= 15 is 0 Å². The number of hydrogen-bond acceptors (Lipinski definition) is 2. The Bertz CT molecular complexity index is 207. The molecular formula is C16H32N2. The maximum absolute atomic E-state index is 3.48. The van der Waals surface area contributed by atoms with Gasteiger partial charge in [-0.05, 0) is 57.7 Å². The first kappa shape index (κ1) is 14.3. The SMILES string of the molecule is CCCCCCCN(CC1CCNCC1)C1CC1. The highest BCUT2D eigenvalue weighted by atomic mass is 15.2. The van der Waals surface area contributed by atoms with E-state index in [2.05, 4.69) is 17.1 Å². The molecule has 1 saturated carbocycles. The third kappa shape index (κ3) is 5.27. The van der Waals surface area contributed by atoms with Crippen LogP contribution in [0.2, 0.25) is 0 Å². The normalized spacial score (nSPS) is 21.7. The fourth-order valence-corrected chi connectivity index (χ4v) is 3.18. The lowest BCUT2D eigenvalue weighted by Crippen LogP contribution is -2.37. The van der Waals surface area contributed by atoms with E-state index in [4.69, 9.17) is 0 Å². The van der Waals surface area contributed by atoms with Gasteiger partial charge in [-0.2, -0.15) is 0 Å². The van der Waals surface area contributed by atoms with Crippen LogP contribution in [0.15, 0.2) is 0 Å². The van der Waals surface area contributed by atoms with Crippen LogP contribution >= 0.6 is 0 Å². The van der Waals surface area contributed by atoms with Crippen molar-refractivity contribution in [2.75, 3.05) is 26.2 Å². The van der Waals surface area contributed by atoms with Crippen LogP contribution < -0.4 is 5.32 Å². The minimum Gasteiger partial charge on any atom is -0.317 e. The molecule has 0 aromatic carbocycles. The Labute approximate surface area is 114 Å². The molecule has 18 heavy (non-hydrogen) atoms. The Hall–Kier alpha value is -0.0800. The van der Waals surface area contributed by atoms with Gasteiger partial charge in [-0.25, -0.2) is 0 Å². The molecule has 0 unspecified atom stereocenters. The van der Waals surface area contributed by atoms with Gasteiger partial charge in [0.1, 0.15) is 0 Å². The van der Waals surface area contributed by atoms with Crippen molar-refractivity contribution in [3.63, 3.8) is 0 Å². The minimum atomic E-state index is 0.964. The third-order valence-electron chi connectivity index (χ3n) is 4.56. The zero-order chi connectivity index (χ0) is 12.6. The molecule has 1 aliphatic carbocycles. The Balaban J connectivity index is 1.61.